The molecular weight excluding hydrogens is 288 g/mol. The lowest BCUT2D eigenvalue weighted by atomic mass is 10.1. The van der Waals surface area contributed by atoms with Crippen molar-refractivity contribution in [2.75, 3.05) is 12.4 Å². The van der Waals surface area contributed by atoms with Crippen LogP contribution in [0.3, 0.4) is 0 Å². The van der Waals surface area contributed by atoms with Crippen molar-refractivity contribution in [3.05, 3.63) is 66.5 Å². The molecule has 0 aliphatic carbocycles. The van der Waals surface area contributed by atoms with E-state index in [-0.39, 0.29) is 0 Å². The molecule has 0 radical (unpaired) electrons. The molecule has 3 aromatic rings. The molecule has 2 aromatic carbocycles. The second-order valence-corrected chi connectivity index (χ2v) is 4.84. The van der Waals surface area contributed by atoms with E-state index in [0.29, 0.717) is 11.5 Å². The van der Waals surface area contributed by atoms with Gasteiger partial charge in [0.25, 0.3) is 0 Å². The Labute approximate surface area is 134 Å². The molecule has 0 aliphatic rings. The Morgan fingerprint density at radius 2 is 1.57 bits per heavy atom. The van der Waals surface area contributed by atoms with Gasteiger partial charge in [0.1, 0.15) is 5.75 Å². The highest BCUT2D eigenvalue weighted by Crippen LogP contribution is 2.22. The third-order valence-corrected chi connectivity index (χ3v) is 3.35. The largest absolute Gasteiger partial charge is 0.497 e. The van der Waals surface area contributed by atoms with Gasteiger partial charge in [-0.2, -0.15) is 5.26 Å². The molecule has 0 unspecified atom stereocenters. The van der Waals surface area contributed by atoms with Crippen molar-refractivity contribution in [2.45, 2.75) is 0 Å². The van der Waals surface area contributed by atoms with E-state index in [1.54, 1.807) is 31.6 Å². The molecular formula is C18H14N4O. The van der Waals surface area contributed by atoms with Crippen LogP contribution in [0.4, 0.5) is 11.6 Å². The molecule has 0 amide bonds. The molecule has 5 nitrogen and oxygen atoms in total. The summed E-state index contributed by atoms with van der Waals surface area (Å²) in [5.41, 5.74) is 3.40. The lowest BCUT2D eigenvalue weighted by Gasteiger charge is -2.06. The van der Waals surface area contributed by atoms with Crippen molar-refractivity contribution < 1.29 is 4.74 Å². The minimum Gasteiger partial charge on any atom is -0.497 e. The molecule has 5 heteroatoms. The second kappa shape index (κ2) is 6.58. The Kier molecular flexibility index (Phi) is 4.16. The van der Waals surface area contributed by atoms with Gasteiger partial charge in [-0.25, -0.2) is 9.97 Å². The third kappa shape index (κ3) is 3.44. The van der Waals surface area contributed by atoms with Crippen LogP contribution in [0.2, 0.25) is 0 Å². The van der Waals surface area contributed by atoms with Gasteiger partial charge in [0, 0.05) is 23.6 Å². The molecule has 0 fully saturated rings. The van der Waals surface area contributed by atoms with E-state index in [1.165, 1.54) is 0 Å². The quantitative estimate of drug-likeness (QED) is 0.794. The van der Waals surface area contributed by atoms with Crippen LogP contribution in [-0.4, -0.2) is 17.1 Å². The molecule has 0 bridgehead atoms. The summed E-state index contributed by atoms with van der Waals surface area (Å²) in [5, 5.41) is 11.9. The van der Waals surface area contributed by atoms with Crippen LogP contribution in [0, 0.1) is 11.3 Å². The molecule has 0 aliphatic heterocycles. The zero-order valence-electron chi connectivity index (χ0n) is 12.5. The van der Waals surface area contributed by atoms with Gasteiger partial charge < -0.3 is 10.1 Å². The molecule has 0 atom stereocenters. The molecule has 1 N–H and O–H groups in total. The van der Waals surface area contributed by atoms with E-state index < -0.39 is 0 Å². The fraction of sp³-hybridized carbons (Fsp3) is 0.0556. The summed E-state index contributed by atoms with van der Waals surface area (Å²) in [6.45, 7) is 0. The van der Waals surface area contributed by atoms with Gasteiger partial charge in [0.15, 0.2) is 0 Å². The van der Waals surface area contributed by atoms with Gasteiger partial charge >= 0.3 is 0 Å². The van der Waals surface area contributed by atoms with Crippen LogP contribution in [0.25, 0.3) is 11.1 Å². The average Bonchev–Trinajstić information content (AvgIpc) is 2.63. The molecule has 0 saturated carbocycles. The smallest absolute Gasteiger partial charge is 0.227 e. The fourth-order valence-corrected chi connectivity index (χ4v) is 2.08. The first-order valence-electron chi connectivity index (χ1n) is 7.02. The molecule has 3 rings (SSSR count). The summed E-state index contributed by atoms with van der Waals surface area (Å²) in [6, 6.07) is 16.9. The van der Waals surface area contributed by atoms with Crippen molar-refractivity contribution in [1.82, 2.24) is 9.97 Å². The zero-order valence-corrected chi connectivity index (χ0v) is 12.5. The van der Waals surface area contributed by atoms with E-state index in [4.69, 9.17) is 10.00 Å². The summed E-state index contributed by atoms with van der Waals surface area (Å²) >= 11 is 0. The number of hydrogen-bond acceptors (Lipinski definition) is 5. The normalized spacial score (nSPS) is 9.91. The Morgan fingerprint density at radius 1 is 0.913 bits per heavy atom. The molecule has 0 spiro atoms. The second-order valence-electron chi connectivity index (χ2n) is 4.84. The summed E-state index contributed by atoms with van der Waals surface area (Å²) < 4.78 is 5.15. The van der Waals surface area contributed by atoms with Crippen molar-refractivity contribution in [3.63, 3.8) is 0 Å². The van der Waals surface area contributed by atoms with E-state index in [9.17, 15) is 0 Å². The first-order chi connectivity index (χ1) is 11.3. The summed E-state index contributed by atoms with van der Waals surface area (Å²) in [7, 11) is 1.64. The van der Waals surface area contributed by atoms with E-state index in [1.807, 2.05) is 36.4 Å². The van der Waals surface area contributed by atoms with Crippen molar-refractivity contribution in [3.8, 4) is 22.9 Å². The highest BCUT2D eigenvalue weighted by atomic mass is 16.5. The fourth-order valence-electron chi connectivity index (χ4n) is 2.08. The maximum absolute atomic E-state index is 8.79. The Morgan fingerprint density at radius 3 is 2.13 bits per heavy atom. The molecule has 0 saturated heterocycles. The van der Waals surface area contributed by atoms with Crippen LogP contribution in [0.15, 0.2) is 60.9 Å². The van der Waals surface area contributed by atoms with Gasteiger partial charge in [0.2, 0.25) is 5.95 Å². The number of nitrogens with one attached hydrogen (secondary N) is 1. The van der Waals surface area contributed by atoms with Crippen LogP contribution >= 0.6 is 0 Å². The summed E-state index contributed by atoms with van der Waals surface area (Å²) in [5.74, 6) is 1.32. The average molecular weight is 302 g/mol. The van der Waals surface area contributed by atoms with Crippen LogP contribution in [0.5, 0.6) is 5.75 Å². The topological polar surface area (TPSA) is 70.8 Å². The maximum Gasteiger partial charge on any atom is 0.227 e. The van der Waals surface area contributed by atoms with Gasteiger partial charge in [-0.1, -0.05) is 12.1 Å². The molecule has 23 heavy (non-hydrogen) atoms. The highest BCUT2D eigenvalue weighted by molar-refractivity contribution is 5.63. The SMILES string of the molecule is COc1ccc(-c2cnc(Nc3ccc(C#N)cc3)nc2)cc1. The highest BCUT2D eigenvalue weighted by Gasteiger charge is 2.02. The number of nitriles is 1. The standard InChI is InChI=1S/C18H14N4O/c1-23-17-8-4-14(5-9-17)15-11-20-18(21-12-15)22-16-6-2-13(10-19)3-7-16/h2-9,11-12H,1H3,(H,20,21,22). The Balaban J connectivity index is 1.74. The lowest BCUT2D eigenvalue weighted by Crippen LogP contribution is -1.96. The van der Waals surface area contributed by atoms with Crippen molar-refractivity contribution >= 4 is 11.6 Å². The molecule has 1 aromatic heterocycles. The van der Waals surface area contributed by atoms with Crippen molar-refractivity contribution in [2.24, 2.45) is 0 Å². The number of methoxy groups -OCH3 is 1. The minimum absolute atomic E-state index is 0.506. The number of hydrogen-bond donors (Lipinski definition) is 1. The number of ether oxygens (including phenoxy) is 1. The van der Waals surface area contributed by atoms with Gasteiger partial charge in [0.05, 0.1) is 18.7 Å². The minimum atomic E-state index is 0.506. The van der Waals surface area contributed by atoms with Crippen LogP contribution in [-0.2, 0) is 0 Å². The Bertz CT molecular complexity index is 819. The maximum atomic E-state index is 8.79. The monoisotopic (exact) mass is 302 g/mol. The Hall–Kier alpha value is -3.39. The number of benzene rings is 2. The summed E-state index contributed by atoms with van der Waals surface area (Å²) in [4.78, 5) is 8.63. The third-order valence-electron chi connectivity index (χ3n) is 3.35. The van der Waals surface area contributed by atoms with Crippen LogP contribution in [0.1, 0.15) is 5.56 Å². The number of aromatic nitrogens is 2. The van der Waals surface area contributed by atoms with E-state index >= 15 is 0 Å². The van der Waals surface area contributed by atoms with Crippen LogP contribution < -0.4 is 10.1 Å². The number of anilines is 2. The molecule has 112 valence electrons. The predicted molar refractivity (Wildman–Crippen MR) is 88.5 cm³/mol. The number of rotatable bonds is 4. The predicted octanol–water partition coefficient (Wildman–Crippen LogP) is 3.77. The first kappa shape index (κ1) is 14.5. The van der Waals surface area contributed by atoms with E-state index in [2.05, 4.69) is 21.4 Å². The zero-order chi connectivity index (χ0) is 16.1. The number of nitrogens with zero attached hydrogens (tertiary/aromatic N) is 3. The molecule has 1 heterocycles. The van der Waals surface area contributed by atoms with Gasteiger partial charge in [-0.05, 0) is 42.0 Å². The summed E-state index contributed by atoms with van der Waals surface area (Å²) in [6.07, 6.45) is 3.53. The van der Waals surface area contributed by atoms with Gasteiger partial charge in [-0.3, -0.25) is 0 Å². The first-order valence-corrected chi connectivity index (χ1v) is 7.02. The lowest BCUT2D eigenvalue weighted by molar-refractivity contribution is 0.415. The van der Waals surface area contributed by atoms with Gasteiger partial charge in [-0.15, -0.1) is 0 Å². The van der Waals surface area contributed by atoms with E-state index in [0.717, 1.165) is 22.6 Å². The van der Waals surface area contributed by atoms with Crippen molar-refractivity contribution in [1.29, 1.82) is 5.26 Å².